The number of rotatable bonds is 6. The van der Waals surface area contributed by atoms with Crippen LogP contribution < -0.4 is 5.73 Å². The van der Waals surface area contributed by atoms with Gasteiger partial charge in [-0.15, -0.1) is 0 Å². The SMILES string of the molecule is Cc1cc(CN2CCO[C@H](CN(C)CC(N)=O)C2)ccc1Cl. The number of morpholine rings is 1. The highest BCUT2D eigenvalue weighted by Gasteiger charge is 2.22. The normalized spacial score (nSPS) is 19.5. The van der Waals surface area contributed by atoms with Gasteiger partial charge in [0.05, 0.1) is 19.3 Å². The number of carbonyl (C=O) groups excluding carboxylic acids is 1. The monoisotopic (exact) mass is 325 g/mol. The first kappa shape index (κ1) is 17.2. The number of carbonyl (C=O) groups is 1. The fourth-order valence-electron chi connectivity index (χ4n) is 2.78. The average Bonchev–Trinajstić information content (AvgIpc) is 2.42. The summed E-state index contributed by atoms with van der Waals surface area (Å²) in [7, 11) is 1.88. The highest BCUT2D eigenvalue weighted by Crippen LogP contribution is 2.18. The van der Waals surface area contributed by atoms with Crippen LogP contribution in [-0.4, -0.2) is 61.6 Å². The molecular weight excluding hydrogens is 302 g/mol. The maximum atomic E-state index is 10.9. The molecule has 1 atom stereocenters. The summed E-state index contributed by atoms with van der Waals surface area (Å²) in [6.45, 7) is 6.35. The van der Waals surface area contributed by atoms with Crippen molar-refractivity contribution >= 4 is 17.5 Å². The fourth-order valence-corrected chi connectivity index (χ4v) is 2.89. The molecule has 22 heavy (non-hydrogen) atoms. The van der Waals surface area contributed by atoms with Crippen LogP contribution in [0.1, 0.15) is 11.1 Å². The molecule has 2 N–H and O–H groups in total. The lowest BCUT2D eigenvalue weighted by Gasteiger charge is -2.34. The van der Waals surface area contributed by atoms with Gasteiger partial charge in [-0.1, -0.05) is 23.7 Å². The number of likely N-dealkylation sites (N-methyl/N-ethyl adjacent to an activating group) is 1. The number of hydrogen-bond acceptors (Lipinski definition) is 4. The number of ether oxygens (including phenoxy) is 1. The number of amides is 1. The number of hydrogen-bond donors (Lipinski definition) is 1. The van der Waals surface area contributed by atoms with E-state index in [9.17, 15) is 4.79 Å². The topological polar surface area (TPSA) is 58.8 Å². The van der Waals surface area contributed by atoms with Crippen molar-refractivity contribution in [3.05, 3.63) is 34.3 Å². The number of halogens is 1. The maximum absolute atomic E-state index is 10.9. The van der Waals surface area contributed by atoms with Gasteiger partial charge in [-0.3, -0.25) is 14.6 Å². The molecule has 0 unspecified atom stereocenters. The van der Waals surface area contributed by atoms with Crippen molar-refractivity contribution in [3.8, 4) is 0 Å². The number of nitrogens with two attached hydrogens (primary N) is 1. The van der Waals surface area contributed by atoms with E-state index in [2.05, 4.69) is 17.0 Å². The lowest BCUT2D eigenvalue weighted by atomic mass is 10.1. The Morgan fingerprint density at radius 3 is 3.00 bits per heavy atom. The van der Waals surface area contributed by atoms with E-state index in [0.29, 0.717) is 13.2 Å². The van der Waals surface area contributed by atoms with E-state index in [1.54, 1.807) is 0 Å². The smallest absolute Gasteiger partial charge is 0.231 e. The molecule has 0 saturated carbocycles. The van der Waals surface area contributed by atoms with Crippen molar-refractivity contribution < 1.29 is 9.53 Å². The third-order valence-corrected chi connectivity index (χ3v) is 4.22. The first-order chi connectivity index (χ1) is 10.4. The van der Waals surface area contributed by atoms with Gasteiger partial charge in [-0.2, -0.15) is 0 Å². The Morgan fingerprint density at radius 1 is 1.55 bits per heavy atom. The molecule has 1 amide bonds. The highest BCUT2D eigenvalue weighted by molar-refractivity contribution is 6.31. The van der Waals surface area contributed by atoms with Crippen LogP contribution in [0.4, 0.5) is 0 Å². The summed E-state index contributed by atoms with van der Waals surface area (Å²) in [5.41, 5.74) is 7.57. The Morgan fingerprint density at radius 2 is 2.32 bits per heavy atom. The molecule has 0 aliphatic carbocycles. The van der Waals surface area contributed by atoms with Crippen LogP contribution in [0.15, 0.2) is 18.2 Å². The summed E-state index contributed by atoms with van der Waals surface area (Å²) in [4.78, 5) is 15.2. The first-order valence-electron chi connectivity index (χ1n) is 7.50. The minimum atomic E-state index is -0.313. The number of nitrogens with zero attached hydrogens (tertiary/aromatic N) is 2. The molecule has 6 heteroatoms. The van der Waals surface area contributed by atoms with Crippen molar-refractivity contribution in [2.45, 2.75) is 19.6 Å². The summed E-state index contributed by atoms with van der Waals surface area (Å²) < 4.78 is 5.78. The number of aryl methyl sites for hydroxylation is 1. The van der Waals surface area contributed by atoms with Gasteiger partial charge in [-0.05, 0) is 31.2 Å². The molecule has 0 radical (unpaired) electrons. The molecule has 1 fully saturated rings. The Bertz CT molecular complexity index is 524. The zero-order valence-corrected chi connectivity index (χ0v) is 14.0. The minimum absolute atomic E-state index is 0.103. The van der Waals surface area contributed by atoms with Crippen LogP contribution >= 0.6 is 11.6 Å². The molecule has 1 aliphatic heterocycles. The van der Waals surface area contributed by atoms with Crippen LogP contribution in [0.25, 0.3) is 0 Å². The van der Waals surface area contributed by atoms with Crippen LogP contribution in [0.5, 0.6) is 0 Å². The molecule has 0 spiro atoms. The summed E-state index contributed by atoms with van der Waals surface area (Å²) in [6, 6.07) is 6.15. The minimum Gasteiger partial charge on any atom is -0.374 e. The zero-order chi connectivity index (χ0) is 16.1. The second kappa shape index (κ2) is 7.92. The van der Waals surface area contributed by atoms with E-state index >= 15 is 0 Å². The summed E-state index contributed by atoms with van der Waals surface area (Å²) in [5.74, 6) is -0.313. The summed E-state index contributed by atoms with van der Waals surface area (Å²) >= 11 is 6.07. The predicted octanol–water partition coefficient (Wildman–Crippen LogP) is 1.27. The highest BCUT2D eigenvalue weighted by atomic mass is 35.5. The maximum Gasteiger partial charge on any atom is 0.231 e. The van der Waals surface area contributed by atoms with Gasteiger partial charge in [0.15, 0.2) is 0 Å². The zero-order valence-electron chi connectivity index (χ0n) is 13.2. The van der Waals surface area contributed by atoms with Crippen molar-refractivity contribution in [1.29, 1.82) is 0 Å². The second-order valence-corrected chi connectivity index (χ2v) is 6.38. The van der Waals surface area contributed by atoms with Gasteiger partial charge in [0.2, 0.25) is 5.91 Å². The van der Waals surface area contributed by atoms with E-state index in [4.69, 9.17) is 22.1 Å². The Balaban J connectivity index is 1.87. The largest absolute Gasteiger partial charge is 0.374 e. The lowest BCUT2D eigenvalue weighted by Crippen LogP contribution is -2.47. The van der Waals surface area contributed by atoms with Crippen LogP contribution in [0, 0.1) is 6.92 Å². The molecule has 1 aromatic carbocycles. The number of primary amides is 1. The fraction of sp³-hybridized carbons (Fsp3) is 0.562. The quantitative estimate of drug-likeness (QED) is 0.855. The van der Waals surface area contributed by atoms with Crippen LogP contribution in [0.3, 0.4) is 0 Å². The van der Waals surface area contributed by atoms with Crippen LogP contribution in [0.2, 0.25) is 5.02 Å². The predicted molar refractivity (Wildman–Crippen MR) is 87.9 cm³/mol. The third-order valence-electron chi connectivity index (χ3n) is 3.79. The van der Waals surface area contributed by atoms with E-state index in [0.717, 1.165) is 30.2 Å². The van der Waals surface area contributed by atoms with Crippen molar-refractivity contribution in [2.75, 3.05) is 39.8 Å². The Labute approximate surface area is 137 Å². The Hall–Kier alpha value is -1.14. The van der Waals surface area contributed by atoms with Crippen molar-refractivity contribution in [3.63, 3.8) is 0 Å². The van der Waals surface area contributed by atoms with E-state index in [1.807, 2.05) is 24.9 Å². The van der Waals surface area contributed by atoms with Gasteiger partial charge in [-0.25, -0.2) is 0 Å². The van der Waals surface area contributed by atoms with Crippen LogP contribution in [-0.2, 0) is 16.1 Å². The molecule has 2 rings (SSSR count). The van der Waals surface area contributed by atoms with E-state index in [-0.39, 0.29) is 18.6 Å². The standard InChI is InChI=1S/C16H24ClN3O2/c1-12-7-13(3-4-15(12)17)8-20-5-6-22-14(10-20)9-19(2)11-16(18)21/h3-4,7,14H,5-6,8-11H2,1-2H3,(H2,18,21)/t14-/m1/s1. The summed E-state index contributed by atoms with van der Waals surface area (Å²) in [6.07, 6.45) is 0.103. The molecule has 1 aromatic rings. The van der Waals surface area contributed by atoms with Gasteiger partial charge < -0.3 is 10.5 Å². The van der Waals surface area contributed by atoms with E-state index < -0.39 is 0 Å². The molecule has 1 aliphatic rings. The second-order valence-electron chi connectivity index (χ2n) is 5.97. The third kappa shape index (κ3) is 5.25. The Kier molecular flexibility index (Phi) is 6.20. The lowest BCUT2D eigenvalue weighted by molar-refractivity contribution is -0.119. The van der Waals surface area contributed by atoms with Gasteiger partial charge in [0.25, 0.3) is 0 Å². The van der Waals surface area contributed by atoms with Crippen molar-refractivity contribution in [2.24, 2.45) is 5.73 Å². The molecule has 0 bridgehead atoms. The molecule has 1 heterocycles. The van der Waals surface area contributed by atoms with Crippen molar-refractivity contribution in [1.82, 2.24) is 9.80 Å². The molecular formula is C16H24ClN3O2. The number of benzene rings is 1. The van der Waals surface area contributed by atoms with Gasteiger partial charge in [0.1, 0.15) is 0 Å². The molecule has 5 nitrogen and oxygen atoms in total. The molecule has 1 saturated heterocycles. The van der Waals surface area contributed by atoms with Gasteiger partial charge >= 0.3 is 0 Å². The summed E-state index contributed by atoms with van der Waals surface area (Å²) in [5, 5.41) is 0.802. The van der Waals surface area contributed by atoms with E-state index in [1.165, 1.54) is 5.56 Å². The molecule has 122 valence electrons. The first-order valence-corrected chi connectivity index (χ1v) is 7.87. The average molecular weight is 326 g/mol. The van der Waals surface area contributed by atoms with Gasteiger partial charge in [0, 0.05) is 31.2 Å². The molecule has 0 aromatic heterocycles.